The van der Waals surface area contributed by atoms with Crippen LogP contribution in [0.2, 0.25) is 5.15 Å². The summed E-state index contributed by atoms with van der Waals surface area (Å²) >= 11 is 5.70. The Hall–Kier alpha value is -1.09. The molecule has 0 aromatic carbocycles. The van der Waals surface area contributed by atoms with Crippen LogP contribution in [0.15, 0.2) is 23.2 Å². The summed E-state index contributed by atoms with van der Waals surface area (Å²) in [6.07, 6.45) is 7.11. The lowest BCUT2D eigenvalue weighted by Gasteiger charge is -2.11. The molecule has 0 saturated carbocycles. The van der Waals surface area contributed by atoms with Crippen LogP contribution >= 0.6 is 11.6 Å². The molecule has 1 atom stereocenters. The van der Waals surface area contributed by atoms with E-state index < -0.39 is 16.1 Å². The largest absolute Gasteiger partial charge is 0.244 e. The fraction of sp³-hybridized carbons (Fsp3) is 0.300. The van der Waals surface area contributed by atoms with Gasteiger partial charge in [0.25, 0.3) is 0 Å². The molecule has 1 aromatic heterocycles. The summed E-state index contributed by atoms with van der Waals surface area (Å²) in [5.74, 6) is 2.34. The molecule has 1 N–H and O–H groups in total. The predicted octanol–water partition coefficient (Wildman–Crippen LogP) is 1.43. The standard InChI is InChI=1S/C10H11ClN2O2S/c1-3-8(4-2)13-16(14,15)9-6-5-7-12-10(9)11/h1,5-8,13H,4H2,2H3. The van der Waals surface area contributed by atoms with Gasteiger partial charge < -0.3 is 0 Å². The van der Waals surface area contributed by atoms with Gasteiger partial charge in [-0.05, 0) is 18.6 Å². The number of rotatable bonds is 4. The van der Waals surface area contributed by atoms with E-state index in [1.165, 1.54) is 18.3 Å². The van der Waals surface area contributed by atoms with Crippen molar-refractivity contribution in [1.82, 2.24) is 9.71 Å². The van der Waals surface area contributed by atoms with E-state index in [2.05, 4.69) is 15.6 Å². The average molecular weight is 259 g/mol. The Morgan fingerprint density at radius 1 is 1.69 bits per heavy atom. The van der Waals surface area contributed by atoms with Gasteiger partial charge in [0, 0.05) is 6.20 Å². The van der Waals surface area contributed by atoms with Crippen LogP contribution < -0.4 is 4.72 Å². The quantitative estimate of drug-likeness (QED) is 0.657. The Balaban J connectivity index is 3.05. The Morgan fingerprint density at radius 2 is 2.38 bits per heavy atom. The minimum atomic E-state index is -3.70. The summed E-state index contributed by atoms with van der Waals surface area (Å²) < 4.78 is 26.1. The molecule has 86 valence electrons. The molecule has 0 saturated heterocycles. The van der Waals surface area contributed by atoms with E-state index in [-0.39, 0.29) is 10.0 Å². The lowest BCUT2D eigenvalue weighted by atomic mass is 10.3. The van der Waals surface area contributed by atoms with Gasteiger partial charge in [-0.2, -0.15) is 4.72 Å². The number of pyridine rings is 1. The van der Waals surface area contributed by atoms with Gasteiger partial charge in [0.1, 0.15) is 10.0 Å². The molecule has 4 nitrogen and oxygen atoms in total. The highest BCUT2D eigenvalue weighted by Crippen LogP contribution is 2.17. The lowest BCUT2D eigenvalue weighted by Crippen LogP contribution is -2.33. The molecule has 1 rings (SSSR count). The Morgan fingerprint density at radius 3 is 2.88 bits per heavy atom. The molecule has 6 heteroatoms. The summed E-state index contributed by atoms with van der Waals surface area (Å²) in [5, 5.41) is -0.0677. The van der Waals surface area contributed by atoms with Gasteiger partial charge >= 0.3 is 0 Å². The SMILES string of the molecule is C#CC(CC)NS(=O)(=O)c1cccnc1Cl. The average Bonchev–Trinajstić information content (AvgIpc) is 2.26. The molecule has 0 fully saturated rings. The van der Waals surface area contributed by atoms with Gasteiger partial charge in [0.05, 0.1) is 6.04 Å². The Labute approximate surface area is 100 Å². The van der Waals surface area contributed by atoms with Gasteiger partial charge in [0.15, 0.2) is 0 Å². The number of terminal acetylenes is 1. The second-order valence-corrected chi connectivity index (χ2v) is 5.08. The van der Waals surface area contributed by atoms with E-state index in [4.69, 9.17) is 18.0 Å². The molecule has 1 heterocycles. The van der Waals surface area contributed by atoms with Crippen molar-refractivity contribution in [3.8, 4) is 12.3 Å². The first-order valence-electron chi connectivity index (χ1n) is 4.60. The molecule has 1 aromatic rings. The highest BCUT2D eigenvalue weighted by Gasteiger charge is 2.20. The van der Waals surface area contributed by atoms with Crippen molar-refractivity contribution in [3.05, 3.63) is 23.5 Å². The zero-order valence-corrected chi connectivity index (χ0v) is 10.2. The van der Waals surface area contributed by atoms with E-state index in [0.717, 1.165) is 0 Å². The van der Waals surface area contributed by atoms with Crippen LogP contribution in [0.1, 0.15) is 13.3 Å². The molecule has 1 unspecified atom stereocenters. The number of halogens is 1. The van der Waals surface area contributed by atoms with Crippen molar-refractivity contribution in [3.63, 3.8) is 0 Å². The number of nitrogens with zero attached hydrogens (tertiary/aromatic N) is 1. The van der Waals surface area contributed by atoms with Crippen LogP contribution in [-0.4, -0.2) is 19.4 Å². The van der Waals surface area contributed by atoms with Crippen LogP contribution in [0.3, 0.4) is 0 Å². The molecule has 0 aliphatic rings. The molecule has 0 aliphatic heterocycles. The van der Waals surface area contributed by atoms with Crippen molar-refractivity contribution in [2.75, 3.05) is 0 Å². The summed E-state index contributed by atoms with van der Waals surface area (Å²) in [5.41, 5.74) is 0. The normalized spacial score (nSPS) is 13.1. The van der Waals surface area contributed by atoms with E-state index in [0.29, 0.717) is 6.42 Å². The minimum absolute atomic E-state index is 0.0645. The maximum Gasteiger partial charge on any atom is 0.244 e. The second kappa shape index (κ2) is 5.30. The second-order valence-electron chi connectivity index (χ2n) is 3.04. The third-order valence-corrected chi connectivity index (χ3v) is 3.84. The molecule has 0 radical (unpaired) electrons. The van der Waals surface area contributed by atoms with Gasteiger partial charge in [-0.15, -0.1) is 6.42 Å². The fourth-order valence-electron chi connectivity index (χ4n) is 1.06. The van der Waals surface area contributed by atoms with E-state index >= 15 is 0 Å². The van der Waals surface area contributed by atoms with E-state index in [1.807, 2.05) is 0 Å². The zero-order valence-electron chi connectivity index (χ0n) is 8.64. The molecule has 0 amide bonds. The highest BCUT2D eigenvalue weighted by atomic mass is 35.5. The van der Waals surface area contributed by atoms with Crippen LogP contribution in [-0.2, 0) is 10.0 Å². The van der Waals surface area contributed by atoms with Gasteiger partial charge in [-0.3, -0.25) is 0 Å². The summed E-state index contributed by atoms with van der Waals surface area (Å²) in [6, 6.07) is 2.33. The van der Waals surface area contributed by atoms with E-state index in [9.17, 15) is 8.42 Å². The first-order valence-corrected chi connectivity index (χ1v) is 6.46. The number of hydrogen-bond donors (Lipinski definition) is 1. The van der Waals surface area contributed by atoms with Gasteiger partial charge in [-0.25, -0.2) is 13.4 Å². The molecule has 0 bridgehead atoms. The third kappa shape index (κ3) is 2.95. The number of hydrogen-bond acceptors (Lipinski definition) is 3. The molecular weight excluding hydrogens is 248 g/mol. The fourth-order valence-corrected chi connectivity index (χ4v) is 2.75. The summed E-state index contributed by atoms with van der Waals surface area (Å²) in [6.45, 7) is 1.79. The smallest absolute Gasteiger partial charge is 0.243 e. The van der Waals surface area contributed by atoms with Gasteiger partial charge in [-0.1, -0.05) is 24.4 Å². The van der Waals surface area contributed by atoms with Crippen molar-refractivity contribution < 1.29 is 8.42 Å². The molecule has 0 aliphatic carbocycles. The van der Waals surface area contributed by atoms with E-state index in [1.54, 1.807) is 6.92 Å². The monoisotopic (exact) mass is 258 g/mol. The highest BCUT2D eigenvalue weighted by molar-refractivity contribution is 7.89. The van der Waals surface area contributed by atoms with Crippen molar-refractivity contribution in [2.24, 2.45) is 0 Å². The maximum absolute atomic E-state index is 11.9. The van der Waals surface area contributed by atoms with Crippen molar-refractivity contribution in [1.29, 1.82) is 0 Å². The lowest BCUT2D eigenvalue weighted by molar-refractivity contribution is 0.570. The number of aromatic nitrogens is 1. The van der Waals surface area contributed by atoms with Gasteiger partial charge in [0.2, 0.25) is 10.0 Å². The maximum atomic E-state index is 11.9. The molecule has 16 heavy (non-hydrogen) atoms. The first-order chi connectivity index (χ1) is 7.51. The van der Waals surface area contributed by atoms with Crippen LogP contribution in [0.25, 0.3) is 0 Å². The van der Waals surface area contributed by atoms with Crippen LogP contribution in [0, 0.1) is 12.3 Å². The van der Waals surface area contributed by atoms with Crippen LogP contribution in [0.4, 0.5) is 0 Å². The minimum Gasteiger partial charge on any atom is -0.243 e. The Bertz CT molecular complexity index is 508. The molecule has 0 spiro atoms. The summed E-state index contributed by atoms with van der Waals surface area (Å²) in [4.78, 5) is 3.63. The third-order valence-electron chi connectivity index (χ3n) is 1.92. The van der Waals surface area contributed by atoms with Crippen molar-refractivity contribution >= 4 is 21.6 Å². The van der Waals surface area contributed by atoms with Crippen LogP contribution in [0.5, 0.6) is 0 Å². The predicted molar refractivity (Wildman–Crippen MR) is 62.5 cm³/mol. The topological polar surface area (TPSA) is 59.1 Å². The molecular formula is C10H11ClN2O2S. The Kier molecular flexibility index (Phi) is 4.30. The number of sulfonamides is 1. The zero-order chi connectivity index (χ0) is 12.2. The first kappa shape index (κ1) is 13.0. The number of nitrogens with one attached hydrogen (secondary N) is 1. The summed E-state index contributed by atoms with van der Waals surface area (Å²) in [7, 11) is -3.70. The van der Waals surface area contributed by atoms with Crippen molar-refractivity contribution in [2.45, 2.75) is 24.3 Å².